The van der Waals surface area contributed by atoms with Crippen molar-refractivity contribution in [1.29, 1.82) is 0 Å². The number of nitrogens with zero attached hydrogens (tertiary/aromatic N) is 1. The third kappa shape index (κ3) is 1.95. The zero-order valence-corrected chi connectivity index (χ0v) is 9.58. The van der Waals surface area contributed by atoms with E-state index in [0.717, 1.165) is 43.4 Å². The zero-order chi connectivity index (χ0) is 10.2. The minimum Gasteiger partial charge on any atom is -0.347 e. The summed E-state index contributed by atoms with van der Waals surface area (Å²) in [6.07, 6.45) is 3.51. The second-order valence-electron chi connectivity index (χ2n) is 5.25. The lowest BCUT2D eigenvalue weighted by atomic mass is 10.0. The van der Waals surface area contributed by atoms with Crippen molar-refractivity contribution in [2.24, 2.45) is 0 Å². The maximum absolute atomic E-state index is 6.00. The summed E-state index contributed by atoms with van der Waals surface area (Å²) in [4.78, 5) is 0. The van der Waals surface area contributed by atoms with Crippen molar-refractivity contribution in [3.8, 4) is 0 Å². The number of ether oxygens (including phenoxy) is 2. The predicted octanol–water partition coefficient (Wildman–Crippen LogP) is 1.38. The van der Waals surface area contributed by atoms with E-state index in [-0.39, 0.29) is 5.79 Å². The molecule has 0 amide bonds. The van der Waals surface area contributed by atoms with Crippen LogP contribution in [0.3, 0.4) is 0 Å². The SMILES string of the molecule is CCC1COC2(CC[N+](C)(C)CC2)O1. The highest BCUT2D eigenvalue weighted by molar-refractivity contribution is 4.81. The molecule has 0 saturated carbocycles. The fourth-order valence-electron chi connectivity index (χ4n) is 2.26. The van der Waals surface area contributed by atoms with E-state index in [1.54, 1.807) is 0 Å². The summed E-state index contributed by atoms with van der Waals surface area (Å²) in [5, 5.41) is 0. The molecule has 2 saturated heterocycles. The van der Waals surface area contributed by atoms with Gasteiger partial charge in [0.25, 0.3) is 0 Å². The molecule has 0 bridgehead atoms. The Kier molecular flexibility index (Phi) is 2.58. The molecule has 0 aromatic rings. The van der Waals surface area contributed by atoms with Crippen LogP contribution in [0.2, 0.25) is 0 Å². The van der Waals surface area contributed by atoms with Gasteiger partial charge in [-0.1, -0.05) is 6.92 Å². The Balaban J connectivity index is 1.94. The fourth-order valence-corrected chi connectivity index (χ4v) is 2.26. The van der Waals surface area contributed by atoms with Gasteiger partial charge in [-0.25, -0.2) is 0 Å². The first-order valence-corrected chi connectivity index (χ1v) is 5.69. The topological polar surface area (TPSA) is 18.5 Å². The van der Waals surface area contributed by atoms with Crippen molar-refractivity contribution < 1.29 is 14.0 Å². The Morgan fingerprint density at radius 3 is 2.43 bits per heavy atom. The largest absolute Gasteiger partial charge is 0.347 e. The number of rotatable bonds is 1. The van der Waals surface area contributed by atoms with E-state index in [0.29, 0.717) is 6.10 Å². The van der Waals surface area contributed by atoms with Crippen molar-refractivity contribution in [1.82, 2.24) is 0 Å². The number of hydrogen-bond donors (Lipinski definition) is 0. The van der Waals surface area contributed by atoms with Crippen LogP contribution in [0.1, 0.15) is 26.2 Å². The fraction of sp³-hybridized carbons (Fsp3) is 1.00. The van der Waals surface area contributed by atoms with Gasteiger partial charge in [-0.05, 0) is 6.42 Å². The van der Waals surface area contributed by atoms with E-state index in [4.69, 9.17) is 9.47 Å². The molecule has 3 heteroatoms. The van der Waals surface area contributed by atoms with Crippen molar-refractivity contribution in [3.05, 3.63) is 0 Å². The lowest BCUT2D eigenvalue weighted by Crippen LogP contribution is -2.53. The maximum atomic E-state index is 6.00. The molecule has 1 spiro atoms. The maximum Gasteiger partial charge on any atom is 0.179 e. The van der Waals surface area contributed by atoms with Crippen LogP contribution in [0.15, 0.2) is 0 Å². The summed E-state index contributed by atoms with van der Waals surface area (Å²) in [6, 6.07) is 0. The summed E-state index contributed by atoms with van der Waals surface area (Å²) in [7, 11) is 4.55. The predicted molar refractivity (Wildman–Crippen MR) is 54.9 cm³/mol. The van der Waals surface area contributed by atoms with Crippen LogP contribution < -0.4 is 0 Å². The highest BCUT2D eigenvalue weighted by atomic mass is 16.7. The number of hydrogen-bond acceptors (Lipinski definition) is 2. The third-order valence-corrected chi connectivity index (χ3v) is 3.57. The second kappa shape index (κ2) is 3.47. The summed E-state index contributed by atoms with van der Waals surface area (Å²) in [6.45, 7) is 5.28. The van der Waals surface area contributed by atoms with Crippen molar-refractivity contribution >= 4 is 0 Å². The smallest absolute Gasteiger partial charge is 0.179 e. The average molecular weight is 200 g/mol. The summed E-state index contributed by atoms with van der Waals surface area (Å²) in [5.41, 5.74) is 0. The van der Waals surface area contributed by atoms with Gasteiger partial charge in [0.2, 0.25) is 0 Å². The number of quaternary nitrogens is 1. The third-order valence-electron chi connectivity index (χ3n) is 3.57. The lowest BCUT2D eigenvalue weighted by molar-refractivity contribution is -0.898. The van der Waals surface area contributed by atoms with Crippen LogP contribution in [-0.2, 0) is 9.47 Å². The highest BCUT2D eigenvalue weighted by Gasteiger charge is 2.46. The molecule has 82 valence electrons. The first-order chi connectivity index (χ1) is 6.55. The Bertz CT molecular complexity index is 205. The Labute approximate surface area is 86.6 Å². The molecule has 2 rings (SSSR count). The molecule has 0 aromatic carbocycles. The average Bonchev–Trinajstić information content (AvgIpc) is 2.56. The van der Waals surface area contributed by atoms with Gasteiger partial charge in [-0.3, -0.25) is 0 Å². The van der Waals surface area contributed by atoms with Crippen molar-refractivity contribution in [2.75, 3.05) is 33.8 Å². The lowest BCUT2D eigenvalue weighted by Gasteiger charge is -2.41. The Hall–Kier alpha value is -0.120. The molecule has 3 nitrogen and oxygen atoms in total. The van der Waals surface area contributed by atoms with E-state index in [1.165, 1.54) is 0 Å². The standard InChI is InChI=1S/C11H22NO2/c1-4-10-9-13-11(14-10)5-7-12(2,3)8-6-11/h10H,4-9H2,1-3H3/q+1. The Morgan fingerprint density at radius 1 is 1.29 bits per heavy atom. The van der Waals surface area contributed by atoms with Gasteiger partial charge in [0.05, 0.1) is 52.7 Å². The number of piperidine rings is 1. The van der Waals surface area contributed by atoms with Crippen LogP contribution in [0, 0.1) is 0 Å². The molecule has 0 aromatic heterocycles. The van der Waals surface area contributed by atoms with Crippen LogP contribution in [-0.4, -0.2) is 50.2 Å². The highest BCUT2D eigenvalue weighted by Crippen LogP contribution is 2.35. The van der Waals surface area contributed by atoms with Crippen molar-refractivity contribution in [2.45, 2.75) is 38.1 Å². The van der Waals surface area contributed by atoms with Crippen LogP contribution in [0.4, 0.5) is 0 Å². The van der Waals surface area contributed by atoms with Crippen LogP contribution in [0.25, 0.3) is 0 Å². The van der Waals surface area contributed by atoms with E-state index in [2.05, 4.69) is 21.0 Å². The molecule has 2 aliphatic heterocycles. The monoisotopic (exact) mass is 200 g/mol. The molecule has 2 heterocycles. The van der Waals surface area contributed by atoms with Gasteiger partial charge in [-0.2, -0.15) is 0 Å². The molecule has 14 heavy (non-hydrogen) atoms. The van der Waals surface area contributed by atoms with E-state index >= 15 is 0 Å². The zero-order valence-electron chi connectivity index (χ0n) is 9.58. The first-order valence-electron chi connectivity index (χ1n) is 5.69. The van der Waals surface area contributed by atoms with Crippen LogP contribution in [0.5, 0.6) is 0 Å². The molecule has 2 fully saturated rings. The molecule has 0 radical (unpaired) electrons. The van der Waals surface area contributed by atoms with Crippen molar-refractivity contribution in [3.63, 3.8) is 0 Å². The summed E-state index contributed by atoms with van der Waals surface area (Å²) in [5.74, 6) is -0.214. The molecular formula is C11H22NO2+. The Morgan fingerprint density at radius 2 is 1.93 bits per heavy atom. The number of likely N-dealkylation sites (tertiary alicyclic amines) is 1. The minimum atomic E-state index is -0.214. The minimum absolute atomic E-state index is 0.214. The van der Waals surface area contributed by atoms with Crippen LogP contribution >= 0.6 is 0 Å². The molecule has 0 aliphatic carbocycles. The molecular weight excluding hydrogens is 178 g/mol. The summed E-state index contributed by atoms with van der Waals surface area (Å²) < 4.78 is 12.9. The normalized spacial score (nSPS) is 34.9. The van der Waals surface area contributed by atoms with Gasteiger partial charge in [0.15, 0.2) is 5.79 Å². The quantitative estimate of drug-likeness (QED) is 0.595. The first kappa shape index (κ1) is 10.4. The van der Waals surface area contributed by atoms with Gasteiger partial charge < -0.3 is 14.0 Å². The van der Waals surface area contributed by atoms with Gasteiger partial charge in [0.1, 0.15) is 0 Å². The second-order valence-corrected chi connectivity index (χ2v) is 5.25. The van der Waals surface area contributed by atoms with E-state index < -0.39 is 0 Å². The molecule has 0 N–H and O–H groups in total. The molecule has 2 aliphatic rings. The molecule has 1 atom stereocenters. The van der Waals surface area contributed by atoms with Gasteiger partial charge in [-0.15, -0.1) is 0 Å². The molecule has 1 unspecified atom stereocenters. The van der Waals surface area contributed by atoms with E-state index in [1.807, 2.05) is 0 Å². The summed E-state index contributed by atoms with van der Waals surface area (Å²) >= 11 is 0. The van der Waals surface area contributed by atoms with Gasteiger partial charge >= 0.3 is 0 Å². The van der Waals surface area contributed by atoms with E-state index in [9.17, 15) is 0 Å². The van der Waals surface area contributed by atoms with Gasteiger partial charge in [0, 0.05) is 0 Å².